The van der Waals surface area contributed by atoms with Crippen LogP contribution in [0.5, 0.6) is 0 Å². The fraction of sp³-hybridized carbons (Fsp3) is 0.429. The Morgan fingerprint density at radius 1 is 0.243 bits per heavy atom. The molecule has 0 aliphatic heterocycles. The van der Waals surface area contributed by atoms with Crippen LogP contribution in [0, 0.1) is 0 Å². The van der Waals surface area contributed by atoms with Crippen molar-refractivity contribution < 1.29 is 0 Å². The average Bonchev–Trinajstić information content (AvgIpc) is 3.31. The molecule has 70 heavy (non-hydrogen) atoms. The molecule has 0 bridgehead atoms. The lowest BCUT2D eigenvalue weighted by Crippen LogP contribution is -2.08. The summed E-state index contributed by atoms with van der Waals surface area (Å²) >= 11 is 0. The van der Waals surface area contributed by atoms with E-state index in [1.165, 1.54) is 98.7 Å². The Bertz CT molecular complexity index is 3140. The van der Waals surface area contributed by atoms with Crippen molar-refractivity contribution in [2.24, 2.45) is 0 Å². The summed E-state index contributed by atoms with van der Waals surface area (Å²) in [5, 5.41) is 11.5. The van der Waals surface area contributed by atoms with E-state index in [4.69, 9.17) is 0 Å². The van der Waals surface area contributed by atoms with Crippen molar-refractivity contribution >= 4 is 43.1 Å². The zero-order valence-electron chi connectivity index (χ0n) is 47.2. The van der Waals surface area contributed by atoms with E-state index in [-0.39, 0.29) is 0 Å². The highest BCUT2D eigenvalue weighted by atomic mass is 14.3. The summed E-state index contributed by atoms with van der Waals surface area (Å²) < 4.78 is 0. The van der Waals surface area contributed by atoms with E-state index < -0.39 is 0 Å². The first kappa shape index (κ1) is 52.6. The summed E-state index contributed by atoms with van der Waals surface area (Å²) in [6.45, 7) is 47.1. The van der Waals surface area contributed by atoms with Gasteiger partial charge in [-0.1, -0.05) is 236 Å². The van der Waals surface area contributed by atoms with E-state index in [0.717, 1.165) is 0 Å². The lowest BCUT2D eigenvalue weighted by Gasteiger charge is -2.28. The standard InChI is InChI=1S/C41H48.C29H40/c1-24(2)30-20-31-22-36(33-19-15-14-18-32(33)29-16-12-11-13-17-29)37-23-35(26(5)6)38(27(7)8)39(28(9)10)41(37)40(31)34(21-30)25(3)4;1-16(2)23-13-21-11-12-22-14-24(17(3)4)26(19(7)8)27(20(9)10)29(22)28(21)25(15-23)18(5)6/h11-28H,1-10H3;11-20H,1-10H3. The van der Waals surface area contributed by atoms with Crippen LogP contribution in [0.25, 0.3) is 65.3 Å². The van der Waals surface area contributed by atoms with Crippen LogP contribution in [0.3, 0.4) is 0 Å². The Morgan fingerprint density at radius 2 is 0.643 bits per heavy atom. The Morgan fingerprint density at radius 3 is 1.10 bits per heavy atom. The summed E-state index contributed by atoms with van der Waals surface area (Å²) in [5.74, 6) is 4.88. The smallest absolute Gasteiger partial charge is 0.00585 e. The molecule has 8 aromatic rings. The van der Waals surface area contributed by atoms with E-state index in [1.807, 2.05) is 0 Å². The van der Waals surface area contributed by atoms with E-state index in [2.05, 4.69) is 248 Å². The minimum absolute atomic E-state index is 0.418. The molecule has 8 rings (SSSR count). The molecule has 0 unspecified atom stereocenters. The van der Waals surface area contributed by atoms with E-state index in [0.29, 0.717) is 59.2 Å². The first-order valence-electron chi connectivity index (χ1n) is 27.4. The lowest BCUT2D eigenvalue weighted by molar-refractivity contribution is 0.755. The third-order valence-corrected chi connectivity index (χ3v) is 15.3. The number of rotatable bonds is 12. The number of fused-ring (bicyclic) bond motifs is 6. The summed E-state index contributed by atoms with van der Waals surface area (Å²) in [5.41, 5.74) is 20.4. The maximum atomic E-state index is 2.57. The minimum atomic E-state index is 0.418. The zero-order valence-corrected chi connectivity index (χ0v) is 47.2. The van der Waals surface area contributed by atoms with Crippen molar-refractivity contribution in [3.63, 3.8) is 0 Å². The van der Waals surface area contributed by atoms with Gasteiger partial charge >= 0.3 is 0 Å². The lowest BCUT2D eigenvalue weighted by atomic mass is 9.76. The van der Waals surface area contributed by atoms with E-state index in [9.17, 15) is 0 Å². The third-order valence-electron chi connectivity index (χ3n) is 15.3. The SMILES string of the molecule is CC(C)c1cc(C(C)C)c2c(c1)cc(-c1ccccc1-c1ccccc1)c1cc(C(C)C)c(C(C)C)c(C(C)C)c12.CC(C)c1cc(C(C)C)c2c(ccc3cc(C(C)C)c(C(C)C)c(C(C)C)c32)c1. The molecular weight excluding hydrogens is 841 g/mol. The van der Waals surface area contributed by atoms with E-state index in [1.54, 1.807) is 22.3 Å². The molecule has 0 radical (unpaired) electrons. The van der Waals surface area contributed by atoms with Gasteiger partial charge in [0.2, 0.25) is 0 Å². The van der Waals surface area contributed by atoms with Crippen LogP contribution in [0.1, 0.15) is 253 Å². The van der Waals surface area contributed by atoms with Crippen LogP contribution >= 0.6 is 0 Å². The normalized spacial score (nSPS) is 12.4. The highest BCUT2D eigenvalue weighted by molar-refractivity contribution is 6.18. The topological polar surface area (TPSA) is 0 Å². The highest BCUT2D eigenvalue weighted by Gasteiger charge is 2.27. The number of hydrogen-bond donors (Lipinski definition) is 0. The molecule has 0 amide bonds. The third kappa shape index (κ3) is 10.0. The van der Waals surface area contributed by atoms with Gasteiger partial charge in [0.1, 0.15) is 0 Å². The summed E-state index contributed by atoms with van der Waals surface area (Å²) in [7, 11) is 0. The Balaban J connectivity index is 0.000000219. The quantitative estimate of drug-likeness (QED) is 0.107. The molecule has 0 saturated heterocycles. The maximum absolute atomic E-state index is 2.57. The van der Waals surface area contributed by atoms with Crippen LogP contribution in [0.15, 0.2) is 109 Å². The largest absolute Gasteiger partial charge is 0.0622 e. The Labute approximate surface area is 425 Å². The van der Waals surface area contributed by atoms with Crippen molar-refractivity contribution in [2.45, 2.75) is 198 Å². The molecule has 368 valence electrons. The van der Waals surface area contributed by atoms with Crippen LogP contribution in [0.4, 0.5) is 0 Å². The van der Waals surface area contributed by atoms with Gasteiger partial charge in [0.05, 0.1) is 0 Å². The number of hydrogen-bond acceptors (Lipinski definition) is 0. The van der Waals surface area contributed by atoms with Crippen LogP contribution in [0.2, 0.25) is 0 Å². The summed E-state index contributed by atoms with van der Waals surface area (Å²) in [6, 6.07) is 42.1. The van der Waals surface area contributed by atoms with Crippen molar-refractivity contribution in [1.82, 2.24) is 0 Å². The Kier molecular flexibility index (Phi) is 16.0. The second kappa shape index (κ2) is 21.3. The van der Waals surface area contributed by atoms with Gasteiger partial charge in [0.25, 0.3) is 0 Å². The molecule has 0 heteroatoms. The summed E-state index contributed by atoms with van der Waals surface area (Å²) in [6.07, 6.45) is 0. The van der Waals surface area contributed by atoms with Gasteiger partial charge in [-0.2, -0.15) is 0 Å². The van der Waals surface area contributed by atoms with Gasteiger partial charge in [-0.05, 0) is 192 Å². The van der Waals surface area contributed by atoms with E-state index >= 15 is 0 Å². The van der Waals surface area contributed by atoms with Gasteiger partial charge < -0.3 is 0 Å². The fourth-order valence-electron chi connectivity index (χ4n) is 11.9. The molecule has 0 saturated carbocycles. The molecule has 0 nitrogen and oxygen atoms in total. The molecule has 0 fully saturated rings. The molecule has 0 N–H and O–H groups in total. The molecule has 0 atom stereocenters. The fourth-order valence-corrected chi connectivity index (χ4v) is 11.9. The number of benzene rings is 8. The van der Waals surface area contributed by atoms with Crippen molar-refractivity contribution in [2.75, 3.05) is 0 Å². The predicted octanol–water partition coefficient (Wildman–Crippen LogP) is 22.6. The van der Waals surface area contributed by atoms with Crippen LogP contribution in [-0.2, 0) is 0 Å². The zero-order chi connectivity index (χ0) is 51.2. The monoisotopic (exact) mass is 929 g/mol. The first-order chi connectivity index (χ1) is 33.0. The second-order valence-electron chi connectivity index (χ2n) is 24.0. The molecule has 0 aromatic heterocycles. The van der Waals surface area contributed by atoms with Crippen LogP contribution in [-0.4, -0.2) is 0 Å². The van der Waals surface area contributed by atoms with Crippen molar-refractivity contribution in [3.8, 4) is 22.3 Å². The van der Waals surface area contributed by atoms with Crippen molar-refractivity contribution in [3.05, 3.63) is 165 Å². The molecule has 0 aliphatic rings. The molecule has 0 spiro atoms. The van der Waals surface area contributed by atoms with Crippen LogP contribution < -0.4 is 0 Å². The maximum Gasteiger partial charge on any atom is -0.00585 e. The van der Waals surface area contributed by atoms with Gasteiger partial charge in [0.15, 0.2) is 0 Å². The van der Waals surface area contributed by atoms with Gasteiger partial charge in [-0.15, -0.1) is 0 Å². The molecule has 0 heterocycles. The van der Waals surface area contributed by atoms with Gasteiger partial charge in [-0.3, -0.25) is 0 Å². The summed E-state index contributed by atoms with van der Waals surface area (Å²) in [4.78, 5) is 0. The molecular formula is C70H88. The second-order valence-corrected chi connectivity index (χ2v) is 24.0. The highest BCUT2D eigenvalue weighted by Crippen LogP contribution is 2.49. The van der Waals surface area contributed by atoms with Crippen molar-refractivity contribution in [1.29, 1.82) is 0 Å². The minimum Gasteiger partial charge on any atom is -0.0622 e. The predicted molar refractivity (Wildman–Crippen MR) is 315 cm³/mol. The Hall–Kier alpha value is -5.20. The molecule has 8 aromatic carbocycles. The van der Waals surface area contributed by atoms with Gasteiger partial charge in [0, 0.05) is 0 Å². The average molecular weight is 929 g/mol. The molecule has 0 aliphatic carbocycles. The van der Waals surface area contributed by atoms with Gasteiger partial charge in [-0.25, -0.2) is 0 Å². The first-order valence-corrected chi connectivity index (χ1v) is 27.4.